The standard InChI is InChI=1S/C22H22F4N8O3/c1-21(4-5-21)31-20(35)37-15-3-2-13(18(15)23)14-7-16(33-32-14)30-19-29-11(8-27)6-17-28-12(9-34(17)19)10-36-22(24,25)26/h6-7,9,13,15,18H,2-5,10H2,1H3,(H,31,35)(H2,29,30,32,33)/t13-,15-,18+/m1/s1. The highest BCUT2D eigenvalue weighted by Gasteiger charge is 2.43. The zero-order valence-corrected chi connectivity index (χ0v) is 19.5. The number of ether oxygens (including phenoxy) is 2. The maximum absolute atomic E-state index is 15.1. The highest BCUT2D eigenvalue weighted by molar-refractivity contribution is 5.69. The molecule has 1 amide bonds. The number of H-pyrrole nitrogens is 1. The Hall–Kier alpha value is -3.93. The van der Waals surface area contributed by atoms with Crippen LogP contribution in [-0.4, -0.2) is 54.8 Å². The van der Waals surface area contributed by atoms with Gasteiger partial charge in [0.25, 0.3) is 0 Å². The monoisotopic (exact) mass is 522 g/mol. The lowest BCUT2D eigenvalue weighted by Crippen LogP contribution is -2.38. The number of alkyl carbamates (subject to hydrolysis) is 1. The number of anilines is 2. The molecule has 0 radical (unpaired) electrons. The van der Waals surface area contributed by atoms with Gasteiger partial charge in [-0.1, -0.05) is 0 Å². The Morgan fingerprint density at radius 2 is 2.11 bits per heavy atom. The molecule has 196 valence electrons. The van der Waals surface area contributed by atoms with Crippen LogP contribution in [0.5, 0.6) is 0 Å². The van der Waals surface area contributed by atoms with Gasteiger partial charge >= 0.3 is 12.5 Å². The van der Waals surface area contributed by atoms with Crippen molar-refractivity contribution in [3.05, 3.63) is 35.4 Å². The molecule has 0 aromatic carbocycles. The van der Waals surface area contributed by atoms with Crippen LogP contribution in [-0.2, 0) is 16.1 Å². The average molecular weight is 522 g/mol. The van der Waals surface area contributed by atoms with E-state index in [1.54, 1.807) is 6.07 Å². The van der Waals surface area contributed by atoms with Crippen LogP contribution >= 0.6 is 0 Å². The highest BCUT2D eigenvalue weighted by Crippen LogP contribution is 2.39. The molecule has 2 saturated carbocycles. The van der Waals surface area contributed by atoms with Crippen LogP contribution in [0.2, 0.25) is 0 Å². The molecule has 3 N–H and O–H groups in total. The fourth-order valence-electron chi connectivity index (χ4n) is 4.21. The fourth-order valence-corrected chi connectivity index (χ4v) is 4.21. The summed E-state index contributed by atoms with van der Waals surface area (Å²) in [5.74, 6) is -0.292. The summed E-state index contributed by atoms with van der Waals surface area (Å²) in [6.07, 6.45) is -4.00. The number of carbonyl (C=O) groups is 1. The molecule has 37 heavy (non-hydrogen) atoms. The van der Waals surface area contributed by atoms with Crippen molar-refractivity contribution >= 4 is 23.5 Å². The minimum Gasteiger partial charge on any atom is -0.443 e. The predicted octanol–water partition coefficient (Wildman–Crippen LogP) is 3.97. The number of hydrogen-bond acceptors (Lipinski definition) is 8. The lowest BCUT2D eigenvalue weighted by atomic mass is 10.0. The molecule has 3 aromatic rings. The first-order valence-corrected chi connectivity index (χ1v) is 11.5. The van der Waals surface area contributed by atoms with Crippen LogP contribution in [0.3, 0.4) is 0 Å². The van der Waals surface area contributed by atoms with Gasteiger partial charge in [0.15, 0.2) is 5.82 Å². The number of nitrogens with zero attached hydrogens (tertiary/aromatic N) is 5. The largest absolute Gasteiger partial charge is 0.522 e. The molecule has 2 aliphatic carbocycles. The third-order valence-electron chi connectivity index (χ3n) is 6.40. The maximum Gasteiger partial charge on any atom is 0.522 e. The van der Waals surface area contributed by atoms with Gasteiger partial charge in [-0.15, -0.1) is 13.2 Å². The number of amides is 1. The van der Waals surface area contributed by atoms with E-state index in [-0.39, 0.29) is 34.3 Å². The molecule has 3 aromatic heterocycles. The van der Waals surface area contributed by atoms with Gasteiger partial charge in [0.1, 0.15) is 29.7 Å². The summed E-state index contributed by atoms with van der Waals surface area (Å²) >= 11 is 0. The average Bonchev–Trinajstić information content (AvgIpc) is 3.19. The zero-order valence-electron chi connectivity index (χ0n) is 19.5. The molecule has 0 spiro atoms. The predicted molar refractivity (Wildman–Crippen MR) is 118 cm³/mol. The maximum atomic E-state index is 15.1. The Labute approximate surface area is 207 Å². The Kier molecular flexibility index (Phi) is 6.14. The number of nitrogens with one attached hydrogen (secondary N) is 3. The van der Waals surface area contributed by atoms with Gasteiger partial charge in [-0.3, -0.25) is 14.2 Å². The third kappa shape index (κ3) is 5.58. The normalized spacial score (nSPS) is 22.5. The van der Waals surface area contributed by atoms with Crippen molar-refractivity contribution < 1.29 is 31.8 Å². The van der Waals surface area contributed by atoms with Crippen LogP contribution in [0.4, 0.5) is 34.1 Å². The van der Waals surface area contributed by atoms with E-state index in [4.69, 9.17) is 4.74 Å². The van der Waals surface area contributed by atoms with Crippen LogP contribution in [0.15, 0.2) is 18.3 Å². The van der Waals surface area contributed by atoms with Gasteiger partial charge in [0, 0.05) is 35.5 Å². The molecule has 0 unspecified atom stereocenters. The summed E-state index contributed by atoms with van der Waals surface area (Å²) in [6, 6.07) is 4.73. The van der Waals surface area contributed by atoms with E-state index in [9.17, 15) is 23.2 Å². The summed E-state index contributed by atoms with van der Waals surface area (Å²) in [5.41, 5.74) is 0.306. The lowest BCUT2D eigenvalue weighted by molar-refractivity contribution is -0.330. The van der Waals surface area contributed by atoms with Gasteiger partial charge in [-0.05, 0) is 32.6 Å². The van der Waals surface area contributed by atoms with Gasteiger partial charge in [-0.2, -0.15) is 10.4 Å². The summed E-state index contributed by atoms with van der Waals surface area (Å²) in [6.45, 7) is 1.08. The first-order valence-electron chi connectivity index (χ1n) is 11.5. The first-order chi connectivity index (χ1) is 17.5. The van der Waals surface area contributed by atoms with Gasteiger partial charge < -0.3 is 15.4 Å². The minimum atomic E-state index is -4.82. The van der Waals surface area contributed by atoms with E-state index in [0.29, 0.717) is 18.5 Å². The number of rotatable bonds is 7. The van der Waals surface area contributed by atoms with Crippen molar-refractivity contribution in [3.8, 4) is 6.07 Å². The van der Waals surface area contributed by atoms with Crippen molar-refractivity contribution in [1.29, 1.82) is 5.26 Å². The lowest BCUT2D eigenvalue weighted by Gasteiger charge is -2.19. The smallest absolute Gasteiger partial charge is 0.443 e. The van der Waals surface area contributed by atoms with Crippen molar-refractivity contribution in [3.63, 3.8) is 0 Å². The van der Waals surface area contributed by atoms with Crippen LogP contribution < -0.4 is 10.6 Å². The zero-order chi connectivity index (χ0) is 26.4. The third-order valence-corrected chi connectivity index (χ3v) is 6.40. The Morgan fingerprint density at radius 1 is 1.32 bits per heavy atom. The van der Waals surface area contributed by atoms with E-state index in [1.807, 2.05) is 13.0 Å². The van der Waals surface area contributed by atoms with E-state index in [1.165, 1.54) is 16.7 Å². The van der Waals surface area contributed by atoms with Gasteiger partial charge in [-0.25, -0.2) is 19.2 Å². The first kappa shape index (κ1) is 24.8. The second-order valence-corrected chi connectivity index (χ2v) is 9.36. The molecule has 15 heteroatoms. The molecule has 0 saturated heterocycles. The molecule has 11 nitrogen and oxygen atoms in total. The summed E-state index contributed by atoms with van der Waals surface area (Å²) < 4.78 is 62.8. The Balaban J connectivity index is 1.29. The topological polar surface area (TPSA) is 142 Å². The number of carbonyl (C=O) groups excluding carboxylic acids is 1. The van der Waals surface area contributed by atoms with E-state index >= 15 is 4.39 Å². The number of nitriles is 1. The van der Waals surface area contributed by atoms with Crippen LogP contribution in [0, 0.1) is 11.3 Å². The quantitative estimate of drug-likeness (QED) is 0.396. The van der Waals surface area contributed by atoms with Crippen LogP contribution in [0.1, 0.15) is 55.6 Å². The van der Waals surface area contributed by atoms with Crippen molar-refractivity contribution in [1.82, 2.24) is 29.9 Å². The van der Waals surface area contributed by atoms with Gasteiger partial charge in [0.2, 0.25) is 5.95 Å². The molecular formula is C22H22F4N8O3. The number of aromatic nitrogens is 5. The highest BCUT2D eigenvalue weighted by atomic mass is 19.4. The number of aromatic amines is 1. The molecule has 0 aliphatic heterocycles. The van der Waals surface area contributed by atoms with Crippen molar-refractivity contribution in [2.45, 2.75) is 69.3 Å². The molecule has 2 fully saturated rings. The Morgan fingerprint density at radius 3 is 2.81 bits per heavy atom. The molecule has 3 atom stereocenters. The number of imidazole rings is 1. The molecule has 2 aliphatic rings. The SMILES string of the molecule is CC1(NC(=O)O[C@@H]2CC[C@H](c3cc(Nc4nc(C#N)cc5nc(COC(F)(F)F)cn45)n[nH]3)[C@@H]2F)CC1. The summed E-state index contributed by atoms with van der Waals surface area (Å²) in [4.78, 5) is 20.2. The summed E-state index contributed by atoms with van der Waals surface area (Å²) in [7, 11) is 0. The second-order valence-electron chi connectivity index (χ2n) is 9.36. The fraction of sp³-hybridized carbons (Fsp3) is 0.500. The molecule has 0 bridgehead atoms. The van der Waals surface area contributed by atoms with Crippen molar-refractivity contribution in [2.24, 2.45) is 0 Å². The van der Waals surface area contributed by atoms with E-state index < -0.39 is 37.3 Å². The second kappa shape index (κ2) is 9.18. The Bertz CT molecular complexity index is 1360. The summed E-state index contributed by atoms with van der Waals surface area (Å²) in [5, 5.41) is 21.8. The molecular weight excluding hydrogens is 500 g/mol. The number of halogens is 4. The molecule has 3 heterocycles. The van der Waals surface area contributed by atoms with Crippen LogP contribution in [0.25, 0.3) is 5.65 Å². The van der Waals surface area contributed by atoms with Gasteiger partial charge in [0.05, 0.1) is 12.3 Å². The number of alkyl halides is 4. The number of hydrogen-bond donors (Lipinski definition) is 3. The van der Waals surface area contributed by atoms with Crippen molar-refractivity contribution in [2.75, 3.05) is 5.32 Å². The minimum absolute atomic E-state index is 0.0300. The molecule has 5 rings (SSSR count). The van der Waals surface area contributed by atoms with E-state index in [2.05, 4.69) is 35.5 Å². The number of fused-ring (bicyclic) bond motifs is 1. The van der Waals surface area contributed by atoms with E-state index in [0.717, 1.165) is 12.8 Å².